The molecule has 0 bridgehead atoms. The zero-order valence-electron chi connectivity index (χ0n) is 9.68. The van der Waals surface area contributed by atoms with Crippen LogP contribution in [0.25, 0.3) is 0 Å². The van der Waals surface area contributed by atoms with E-state index in [0.29, 0.717) is 21.2 Å². The lowest BCUT2D eigenvalue weighted by Crippen LogP contribution is -2.16. The van der Waals surface area contributed by atoms with Gasteiger partial charge in [-0.1, -0.05) is 11.8 Å². The molecule has 0 spiro atoms. The van der Waals surface area contributed by atoms with Crippen LogP contribution < -0.4 is 4.90 Å². The van der Waals surface area contributed by atoms with E-state index in [-0.39, 0.29) is 0 Å². The molecule has 19 heavy (non-hydrogen) atoms. The van der Waals surface area contributed by atoms with Crippen molar-refractivity contribution in [3.05, 3.63) is 47.5 Å². The second-order valence-electron chi connectivity index (χ2n) is 4.13. The van der Waals surface area contributed by atoms with Crippen molar-refractivity contribution in [1.29, 1.82) is 0 Å². The molecule has 0 saturated heterocycles. The van der Waals surface area contributed by atoms with E-state index in [4.69, 9.17) is 0 Å². The standard InChI is InChI=1S/C13H7F4NS/c1-18-10-2-6(14)8(16)4-12(10)19-13-5-9(17)7(15)3-11(13)18/h2-5H,1H3. The van der Waals surface area contributed by atoms with Crippen molar-refractivity contribution >= 4 is 23.1 Å². The van der Waals surface area contributed by atoms with Crippen molar-refractivity contribution in [2.75, 3.05) is 11.9 Å². The molecular weight excluding hydrogens is 278 g/mol. The van der Waals surface area contributed by atoms with Crippen LogP contribution in [0, 0.1) is 23.3 Å². The summed E-state index contributed by atoms with van der Waals surface area (Å²) in [4.78, 5) is 2.42. The van der Waals surface area contributed by atoms with Crippen molar-refractivity contribution in [2.24, 2.45) is 0 Å². The lowest BCUT2D eigenvalue weighted by atomic mass is 10.2. The first-order valence-electron chi connectivity index (χ1n) is 5.37. The van der Waals surface area contributed by atoms with Crippen LogP contribution in [0.1, 0.15) is 0 Å². The molecule has 1 aliphatic rings. The van der Waals surface area contributed by atoms with Gasteiger partial charge in [0.05, 0.1) is 11.4 Å². The summed E-state index contributed by atoms with van der Waals surface area (Å²) in [6.07, 6.45) is 0. The average molecular weight is 285 g/mol. The van der Waals surface area contributed by atoms with Gasteiger partial charge in [0.15, 0.2) is 23.3 Å². The fourth-order valence-corrected chi connectivity index (χ4v) is 3.13. The summed E-state index contributed by atoms with van der Waals surface area (Å²) in [5, 5.41) is 0. The summed E-state index contributed by atoms with van der Waals surface area (Å²) < 4.78 is 52.9. The fraction of sp³-hybridized carbons (Fsp3) is 0.0769. The molecular formula is C13H7F4NS. The first-order chi connectivity index (χ1) is 8.97. The number of fused-ring (bicyclic) bond motifs is 2. The van der Waals surface area contributed by atoms with Gasteiger partial charge in [-0.3, -0.25) is 0 Å². The third kappa shape index (κ3) is 1.87. The molecule has 0 radical (unpaired) electrons. The number of halogens is 4. The molecule has 0 amide bonds. The van der Waals surface area contributed by atoms with Gasteiger partial charge in [-0.05, 0) is 12.1 Å². The Morgan fingerprint density at radius 1 is 0.737 bits per heavy atom. The summed E-state index contributed by atoms with van der Waals surface area (Å²) in [6, 6.07) is 4.19. The highest BCUT2D eigenvalue weighted by Gasteiger charge is 2.24. The predicted molar refractivity (Wildman–Crippen MR) is 64.9 cm³/mol. The third-order valence-electron chi connectivity index (χ3n) is 2.95. The van der Waals surface area contributed by atoms with Gasteiger partial charge in [-0.2, -0.15) is 0 Å². The topological polar surface area (TPSA) is 3.24 Å². The maximum atomic E-state index is 13.3. The highest BCUT2D eigenvalue weighted by atomic mass is 32.2. The third-order valence-corrected chi connectivity index (χ3v) is 4.04. The minimum Gasteiger partial charge on any atom is -0.343 e. The van der Waals surface area contributed by atoms with Crippen molar-refractivity contribution < 1.29 is 17.6 Å². The molecule has 2 aromatic rings. The summed E-state index contributed by atoms with van der Waals surface area (Å²) in [6.45, 7) is 0. The predicted octanol–water partition coefficient (Wildman–Crippen LogP) is 4.48. The number of hydrogen-bond donors (Lipinski definition) is 0. The Morgan fingerprint density at radius 3 is 1.53 bits per heavy atom. The maximum Gasteiger partial charge on any atom is 0.160 e. The van der Waals surface area contributed by atoms with Crippen LogP contribution >= 0.6 is 11.8 Å². The normalized spacial score (nSPS) is 13.2. The van der Waals surface area contributed by atoms with Gasteiger partial charge in [-0.25, -0.2) is 17.6 Å². The van der Waals surface area contributed by atoms with E-state index >= 15 is 0 Å². The lowest BCUT2D eigenvalue weighted by molar-refractivity contribution is 0.504. The summed E-state index contributed by atoms with van der Waals surface area (Å²) in [5.74, 6) is -3.88. The Hall–Kier alpha value is -1.69. The van der Waals surface area contributed by atoms with Crippen molar-refractivity contribution in [3.8, 4) is 0 Å². The highest BCUT2D eigenvalue weighted by Crippen LogP contribution is 2.48. The Bertz CT molecular complexity index is 629. The second kappa shape index (κ2) is 4.16. The molecule has 6 heteroatoms. The Kier molecular flexibility index (Phi) is 2.70. The molecule has 3 rings (SSSR count). The van der Waals surface area contributed by atoms with E-state index in [1.165, 1.54) is 4.90 Å². The van der Waals surface area contributed by atoms with Gasteiger partial charge in [0.2, 0.25) is 0 Å². The Balaban J connectivity index is 2.20. The quantitative estimate of drug-likeness (QED) is 0.657. The van der Waals surface area contributed by atoms with Crippen LogP contribution in [0.3, 0.4) is 0 Å². The number of rotatable bonds is 0. The first kappa shape index (κ1) is 12.3. The molecule has 0 N–H and O–H groups in total. The first-order valence-corrected chi connectivity index (χ1v) is 6.18. The molecule has 1 heterocycles. The monoisotopic (exact) mass is 285 g/mol. The summed E-state index contributed by atoms with van der Waals surface area (Å²) in [5.41, 5.74) is 0.838. The molecule has 1 aliphatic heterocycles. The minimum absolute atomic E-state index is 0.419. The average Bonchev–Trinajstić information content (AvgIpc) is 2.35. The minimum atomic E-state index is -0.975. The maximum absolute atomic E-state index is 13.3. The molecule has 98 valence electrons. The molecule has 0 saturated carbocycles. The number of benzene rings is 2. The molecule has 0 aliphatic carbocycles. The van der Waals surface area contributed by atoms with E-state index in [1.54, 1.807) is 7.05 Å². The summed E-state index contributed by atoms with van der Waals surface area (Å²) >= 11 is 1.08. The van der Waals surface area contributed by atoms with Gasteiger partial charge in [0.1, 0.15) is 0 Å². The largest absolute Gasteiger partial charge is 0.343 e. The molecule has 2 aromatic carbocycles. The SMILES string of the molecule is CN1c2cc(F)c(F)cc2Sc2cc(F)c(F)cc21. The number of anilines is 2. The fourth-order valence-electron chi connectivity index (χ4n) is 1.97. The van der Waals surface area contributed by atoms with Crippen LogP contribution in [-0.2, 0) is 0 Å². The lowest BCUT2D eigenvalue weighted by Gasteiger charge is -2.29. The molecule has 1 nitrogen and oxygen atoms in total. The van der Waals surface area contributed by atoms with Gasteiger partial charge in [0.25, 0.3) is 0 Å². The molecule has 0 atom stereocenters. The van der Waals surface area contributed by atoms with E-state index in [0.717, 1.165) is 36.0 Å². The molecule has 0 fully saturated rings. The summed E-state index contributed by atoms with van der Waals surface area (Å²) in [7, 11) is 1.59. The Labute approximate surface area is 110 Å². The van der Waals surface area contributed by atoms with Crippen LogP contribution in [0.2, 0.25) is 0 Å². The zero-order chi connectivity index (χ0) is 13.7. The van der Waals surface area contributed by atoms with Crippen LogP contribution in [0.4, 0.5) is 28.9 Å². The highest BCUT2D eigenvalue weighted by molar-refractivity contribution is 7.99. The van der Waals surface area contributed by atoms with Gasteiger partial charge < -0.3 is 4.90 Å². The molecule has 0 aromatic heterocycles. The number of nitrogens with zero attached hydrogens (tertiary/aromatic N) is 1. The van der Waals surface area contributed by atoms with Crippen LogP contribution in [0.5, 0.6) is 0 Å². The Morgan fingerprint density at radius 2 is 1.11 bits per heavy atom. The van der Waals surface area contributed by atoms with E-state index < -0.39 is 23.3 Å². The smallest absolute Gasteiger partial charge is 0.160 e. The van der Waals surface area contributed by atoms with E-state index in [1.807, 2.05) is 0 Å². The van der Waals surface area contributed by atoms with Crippen molar-refractivity contribution in [2.45, 2.75) is 9.79 Å². The van der Waals surface area contributed by atoms with Crippen LogP contribution in [-0.4, -0.2) is 7.05 Å². The van der Waals surface area contributed by atoms with E-state index in [9.17, 15) is 17.6 Å². The van der Waals surface area contributed by atoms with E-state index in [2.05, 4.69) is 0 Å². The second-order valence-corrected chi connectivity index (χ2v) is 5.21. The van der Waals surface area contributed by atoms with Gasteiger partial charge in [-0.15, -0.1) is 0 Å². The number of hydrogen-bond acceptors (Lipinski definition) is 2. The van der Waals surface area contributed by atoms with Crippen LogP contribution in [0.15, 0.2) is 34.1 Å². The van der Waals surface area contributed by atoms with Crippen molar-refractivity contribution in [3.63, 3.8) is 0 Å². The molecule has 0 unspecified atom stereocenters. The van der Waals surface area contributed by atoms with Gasteiger partial charge in [0, 0.05) is 29.0 Å². The zero-order valence-corrected chi connectivity index (χ0v) is 10.5. The van der Waals surface area contributed by atoms with Gasteiger partial charge >= 0.3 is 0 Å². The van der Waals surface area contributed by atoms with Crippen molar-refractivity contribution in [1.82, 2.24) is 0 Å².